The van der Waals surface area contributed by atoms with E-state index in [0.717, 1.165) is 17.6 Å². The number of carbonyl (C=O) groups is 1. The standard InChI is InChI=1S/C11H18N2O4S2/c1-5-13(3)10-9(19(4,15)16)7(12)8(18-10)11(14)17-6-2/h5-6,12H2,1-4H3. The molecule has 6 nitrogen and oxygen atoms in total. The van der Waals surface area contributed by atoms with Crippen LogP contribution in [0.1, 0.15) is 23.5 Å². The summed E-state index contributed by atoms with van der Waals surface area (Å²) < 4.78 is 28.6. The van der Waals surface area contributed by atoms with Gasteiger partial charge in [0.1, 0.15) is 14.8 Å². The number of hydrogen-bond acceptors (Lipinski definition) is 7. The first-order valence-corrected chi connectivity index (χ1v) is 8.45. The number of nitrogens with zero attached hydrogens (tertiary/aromatic N) is 1. The molecule has 1 heterocycles. The van der Waals surface area contributed by atoms with E-state index in [1.54, 1.807) is 18.9 Å². The number of thiophene rings is 1. The highest BCUT2D eigenvalue weighted by Gasteiger charge is 2.29. The maximum atomic E-state index is 11.8. The molecule has 0 bridgehead atoms. The molecule has 2 N–H and O–H groups in total. The Morgan fingerprint density at radius 2 is 2.00 bits per heavy atom. The second-order valence-corrected chi connectivity index (χ2v) is 6.94. The maximum Gasteiger partial charge on any atom is 0.350 e. The number of carbonyl (C=O) groups excluding carboxylic acids is 1. The predicted octanol–water partition coefficient (Wildman–Crippen LogP) is 1.37. The summed E-state index contributed by atoms with van der Waals surface area (Å²) in [5.41, 5.74) is 5.79. The number of rotatable bonds is 5. The van der Waals surface area contributed by atoms with Crippen molar-refractivity contribution in [3.63, 3.8) is 0 Å². The first-order chi connectivity index (χ1) is 8.73. The van der Waals surface area contributed by atoms with Crippen LogP contribution in [-0.4, -0.2) is 40.8 Å². The van der Waals surface area contributed by atoms with Crippen molar-refractivity contribution in [1.29, 1.82) is 0 Å². The molecule has 0 radical (unpaired) electrons. The van der Waals surface area contributed by atoms with E-state index in [-0.39, 0.29) is 22.1 Å². The van der Waals surface area contributed by atoms with E-state index in [9.17, 15) is 13.2 Å². The Morgan fingerprint density at radius 3 is 2.42 bits per heavy atom. The molecule has 0 saturated carbocycles. The summed E-state index contributed by atoms with van der Waals surface area (Å²) in [5, 5.41) is 0.463. The predicted molar refractivity (Wildman–Crippen MR) is 76.7 cm³/mol. The minimum absolute atomic E-state index is 0.00454. The molecule has 1 aromatic heterocycles. The Balaban J connectivity index is 3.48. The second kappa shape index (κ2) is 5.79. The second-order valence-electron chi connectivity index (χ2n) is 3.99. The molecule has 1 aromatic rings. The fourth-order valence-corrected chi connectivity index (χ4v) is 4.17. The summed E-state index contributed by atoms with van der Waals surface area (Å²) in [6, 6.07) is 0. The Hall–Kier alpha value is -1.28. The van der Waals surface area contributed by atoms with Crippen LogP contribution in [-0.2, 0) is 14.6 Å². The number of anilines is 2. The van der Waals surface area contributed by atoms with Crippen molar-refractivity contribution in [2.45, 2.75) is 18.7 Å². The van der Waals surface area contributed by atoms with Gasteiger partial charge in [0.2, 0.25) is 0 Å². The van der Waals surface area contributed by atoms with Crippen molar-refractivity contribution in [2.75, 3.05) is 37.1 Å². The van der Waals surface area contributed by atoms with E-state index >= 15 is 0 Å². The zero-order valence-electron chi connectivity index (χ0n) is 11.4. The first-order valence-electron chi connectivity index (χ1n) is 5.74. The zero-order valence-corrected chi connectivity index (χ0v) is 13.0. The number of hydrogen-bond donors (Lipinski definition) is 1. The zero-order chi connectivity index (χ0) is 14.8. The minimum atomic E-state index is -3.51. The average Bonchev–Trinajstić information content (AvgIpc) is 2.66. The van der Waals surface area contributed by atoms with Crippen LogP contribution < -0.4 is 10.6 Å². The summed E-state index contributed by atoms with van der Waals surface area (Å²) in [6.07, 6.45) is 1.08. The van der Waals surface area contributed by atoms with E-state index in [0.29, 0.717) is 11.5 Å². The van der Waals surface area contributed by atoms with Crippen LogP contribution in [0.15, 0.2) is 4.90 Å². The van der Waals surface area contributed by atoms with E-state index in [4.69, 9.17) is 10.5 Å². The van der Waals surface area contributed by atoms with Gasteiger partial charge < -0.3 is 15.4 Å². The number of nitrogen functional groups attached to an aromatic ring is 1. The number of nitrogens with two attached hydrogens (primary N) is 1. The molecule has 0 saturated heterocycles. The monoisotopic (exact) mass is 306 g/mol. The SMILES string of the molecule is CCOC(=O)c1sc(N(C)CC)c(S(C)(=O)=O)c1N. The van der Waals surface area contributed by atoms with Crippen LogP contribution in [0.3, 0.4) is 0 Å². The molecule has 0 aromatic carbocycles. The number of ether oxygens (including phenoxy) is 1. The molecule has 19 heavy (non-hydrogen) atoms. The average molecular weight is 306 g/mol. The van der Waals surface area contributed by atoms with Gasteiger partial charge in [0, 0.05) is 19.8 Å². The molecule has 108 valence electrons. The van der Waals surface area contributed by atoms with Gasteiger partial charge in [-0.15, -0.1) is 11.3 Å². The van der Waals surface area contributed by atoms with Gasteiger partial charge in [0.25, 0.3) is 0 Å². The molecule has 1 rings (SSSR count). The van der Waals surface area contributed by atoms with Crippen LogP contribution in [0.2, 0.25) is 0 Å². The van der Waals surface area contributed by atoms with Crippen molar-refractivity contribution in [1.82, 2.24) is 0 Å². The molecular formula is C11H18N2O4S2. The Morgan fingerprint density at radius 1 is 1.42 bits per heavy atom. The fourth-order valence-electron chi connectivity index (χ4n) is 1.52. The van der Waals surface area contributed by atoms with Crippen LogP contribution in [0.4, 0.5) is 10.7 Å². The van der Waals surface area contributed by atoms with Crippen LogP contribution in [0.5, 0.6) is 0 Å². The van der Waals surface area contributed by atoms with Gasteiger partial charge >= 0.3 is 5.97 Å². The van der Waals surface area contributed by atoms with Crippen molar-refractivity contribution >= 4 is 37.8 Å². The van der Waals surface area contributed by atoms with E-state index in [2.05, 4.69) is 0 Å². The summed E-state index contributed by atoms with van der Waals surface area (Å²) in [4.78, 5) is 13.6. The van der Waals surface area contributed by atoms with Gasteiger partial charge in [-0.05, 0) is 13.8 Å². The maximum absolute atomic E-state index is 11.8. The molecule has 0 amide bonds. The lowest BCUT2D eigenvalue weighted by Crippen LogP contribution is -2.17. The highest BCUT2D eigenvalue weighted by molar-refractivity contribution is 7.91. The fraction of sp³-hybridized carbons (Fsp3) is 0.545. The molecule has 0 fully saturated rings. The summed E-state index contributed by atoms with van der Waals surface area (Å²) in [6.45, 7) is 4.37. The Bertz CT molecular complexity index is 578. The largest absolute Gasteiger partial charge is 0.462 e. The van der Waals surface area contributed by atoms with Crippen molar-refractivity contribution in [2.24, 2.45) is 0 Å². The van der Waals surface area contributed by atoms with E-state index in [1.165, 1.54) is 0 Å². The molecule has 0 aliphatic heterocycles. The molecule has 0 unspecified atom stereocenters. The van der Waals surface area contributed by atoms with Crippen molar-refractivity contribution in [3.05, 3.63) is 4.88 Å². The quantitative estimate of drug-likeness (QED) is 0.826. The summed E-state index contributed by atoms with van der Waals surface area (Å²) >= 11 is 1.04. The van der Waals surface area contributed by atoms with Crippen LogP contribution in [0.25, 0.3) is 0 Å². The third kappa shape index (κ3) is 3.19. The first kappa shape index (κ1) is 15.8. The normalized spacial score (nSPS) is 11.4. The van der Waals surface area contributed by atoms with Gasteiger partial charge in [-0.1, -0.05) is 0 Å². The van der Waals surface area contributed by atoms with Crippen LogP contribution >= 0.6 is 11.3 Å². The Labute approximate surface area is 117 Å². The molecule has 8 heteroatoms. The van der Waals surface area contributed by atoms with Gasteiger partial charge in [0.05, 0.1) is 12.3 Å². The molecule has 0 aliphatic rings. The third-order valence-corrected chi connectivity index (χ3v) is 5.12. The Kier molecular flexibility index (Phi) is 4.81. The topological polar surface area (TPSA) is 89.7 Å². The number of esters is 1. The lowest BCUT2D eigenvalue weighted by molar-refractivity contribution is 0.0533. The van der Waals surface area contributed by atoms with Gasteiger partial charge in [-0.25, -0.2) is 13.2 Å². The smallest absolute Gasteiger partial charge is 0.350 e. The van der Waals surface area contributed by atoms with Crippen molar-refractivity contribution in [3.8, 4) is 0 Å². The molecule has 0 aliphatic carbocycles. The van der Waals surface area contributed by atoms with Gasteiger partial charge in [-0.2, -0.15) is 0 Å². The van der Waals surface area contributed by atoms with E-state index in [1.807, 2.05) is 6.92 Å². The molecule has 0 atom stereocenters. The summed E-state index contributed by atoms with van der Waals surface area (Å²) in [7, 11) is -1.77. The highest BCUT2D eigenvalue weighted by Crippen LogP contribution is 2.41. The number of sulfone groups is 1. The highest BCUT2D eigenvalue weighted by atomic mass is 32.2. The van der Waals surface area contributed by atoms with Gasteiger partial charge in [-0.3, -0.25) is 0 Å². The van der Waals surface area contributed by atoms with Gasteiger partial charge in [0.15, 0.2) is 9.84 Å². The molecular weight excluding hydrogens is 288 g/mol. The summed E-state index contributed by atoms with van der Waals surface area (Å²) in [5.74, 6) is -0.592. The lowest BCUT2D eigenvalue weighted by atomic mass is 10.4. The lowest BCUT2D eigenvalue weighted by Gasteiger charge is -2.15. The third-order valence-electron chi connectivity index (χ3n) is 2.53. The van der Waals surface area contributed by atoms with E-state index < -0.39 is 15.8 Å². The molecule has 0 spiro atoms. The minimum Gasteiger partial charge on any atom is -0.462 e. The van der Waals surface area contributed by atoms with Crippen LogP contribution in [0, 0.1) is 0 Å². The van der Waals surface area contributed by atoms with Crippen molar-refractivity contribution < 1.29 is 17.9 Å².